The zero-order valence-corrected chi connectivity index (χ0v) is 9.31. The van der Waals surface area contributed by atoms with Crippen LogP contribution in [0.25, 0.3) is 0 Å². The lowest BCUT2D eigenvalue weighted by atomic mass is 10.2. The van der Waals surface area contributed by atoms with E-state index in [0.717, 1.165) is 17.0 Å². The number of alkyl halides is 1. The quantitative estimate of drug-likeness (QED) is 0.619. The van der Waals surface area contributed by atoms with E-state index in [1.807, 2.05) is 19.1 Å². The predicted octanol–water partition coefficient (Wildman–Crippen LogP) is 2.62. The Kier molecular flexibility index (Phi) is 3.89. The van der Waals surface area contributed by atoms with E-state index < -0.39 is 0 Å². The lowest BCUT2D eigenvalue weighted by Gasteiger charge is -2.12. The highest BCUT2D eigenvalue weighted by Gasteiger charge is 2.07. The third kappa shape index (κ3) is 2.23. The molecule has 0 aliphatic carbocycles. The first-order valence-electron chi connectivity index (χ1n) is 4.25. The molecule has 0 bridgehead atoms. The van der Waals surface area contributed by atoms with E-state index in [0.29, 0.717) is 11.8 Å². The number of rotatable bonds is 4. The van der Waals surface area contributed by atoms with Crippen molar-refractivity contribution in [2.24, 2.45) is 0 Å². The number of hydrogen-bond donors (Lipinski definition) is 1. The maximum Gasteiger partial charge on any atom is 0.162 e. The van der Waals surface area contributed by atoms with Gasteiger partial charge in [0.25, 0.3) is 0 Å². The normalized spacial score (nSPS) is 9.71. The van der Waals surface area contributed by atoms with Crippen LogP contribution in [0.15, 0.2) is 12.1 Å². The molecule has 0 saturated carbocycles. The van der Waals surface area contributed by atoms with Crippen LogP contribution in [-0.4, -0.2) is 20.2 Å². The van der Waals surface area contributed by atoms with Gasteiger partial charge in [-0.3, -0.25) is 0 Å². The summed E-state index contributed by atoms with van der Waals surface area (Å²) in [5.41, 5.74) is 2.03. The van der Waals surface area contributed by atoms with Gasteiger partial charge in [-0.2, -0.15) is 0 Å². The Morgan fingerprint density at radius 2 is 1.79 bits per heavy atom. The Balaban J connectivity index is 3.09. The third-order valence-corrected chi connectivity index (χ3v) is 2.12. The number of nitrogens with one attached hydrogen (secondary N) is 1. The standard InChI is InChI=1S/C10H14ClNO2/c1-7-4-9(13-2)10(14-3)5-8(7)12-6-11/h4-5,12H,6H2,1-3H3. The minimum Gasteiger partial charge on any atom is -0.493 e. The molecule has 4 heteroatoms. The molecule has 0 aliphatic heterocycles. The van der Waals surface area contributed by atoms with Gasteiger partial charge in [-0.25, -0.2) is 0 Å². The molecule has 1 rings (SSSR count). The molecule has 78 valence electrons. The largest absolute Gasteiger partial charge is 0.493 e. The molecule has 0 amide bonds. The second kappa shape index (κ2) is 4.96. The van der Waals surface area contributed by atoms with Gasteiger partial charge < -0.3 is 14.8 Å². The number of hydrogen-bond acceptors (Lipinski definition) is 3. The summed E-state index contributed by atoms with van der Waals surface area (Å²) in [6, 6.07) is 4.15. The number of anilines is 1. The number of benzene rings is 1. The van der Waals surface area contributed by atoms with Crippen molar-refractivity contribution in [1.82, 2.24) is 0 Å². The van der Waals surface area contributed by atoms with Gasteiger partial charge in [0, 0.05) is 11.8 Å². The van der Waals surface area contributed by atoms with Crippen LogP contribution in [0.3, 0.4) is 0 Å². The minimum absolute atomic E-state index is 0.371. The number of ether oxygens (including phenoxy) is 2. The molecule has 0 radical (unpaired) electrons. The van der Waals surface area contributed by atoms with E-state index >= 15 is 0 Å². The van der Waals surface area contributed by atoms with Crippen molar-refractivity contribution in [3.63, 3.8) is 0 Å². The number of methoxy groups -OCH3 is 2. The van der Waals surface area contributed by atoms with Crippen LogP contribution in [-0.2, 0) is 0 Å². The lowest BCUT2D eigenvalue weighted by molar-refractivity contribution is 0.355. The minimum atomic E-state index is 0.371. The summed E-state index contributed by atoms with van der Waals surface area (Å²) in [6.45, 7) is 1.98. The molecule has 0 aliphatic rings. The van der Waals surface area contributed by atoms with Gasteiger partial charge in [0.15, 0.2) is 11.5 Å². The Bertz CT molecular complexity index is 315. The smallest absolute Gasteiger partial charge is 0.162 e. The van der Waals surface area contributed by atoms with Crippen molar-refractivity contribution in [2.45, 2.75) is 6.92 Å². The second-order valence-electron chi connectivity index (χ2n) is 2.83. The molecule has 0 aromatic heterocycles. The first kappa shape index (κ1) is 11.0. The SMILES string of the molecule is COc1cc(C)c(NCCl)cc1OC. The molecule has 3 nitrogen and oxygen atoms in total. The molecule has 1 N–H and O–H groups in total. The van der Waals surface area contributed by atoms with E-state index in [2.05, 4.69) is 5.32 Å². The molecule has 0 fully saturated rings. The number of aryl methyl sites for hydroxylation is 1. The zero-order valence-electron chi connectivity index (χ0n) is 8.56. The summed E-state index contributed by atoms with van der Waals surface area (Å²) in [5, 5.41) is 3.03. The molecule has 0 atom stereocenters. The fourth-order valence-electron chi connectivity index (χ4n) is 1.24. The summed E-state index contributed by atoms with van der Waals surface area (Å²) in [6.07, 6.45) is 0. The van der Waals surface area contributed by atoms with Crippen LogP contribution in [0.2, 0.25) is 0 Å². The summed E-state index contributed by atoms with van der Waals surface area (Å²) in [7, 11) is 3.23. The highest BCUT2D eigenvalue weighted by molar-refractivity contribution is 6.18. The Labute approximate surface area is 89.0 Å². The van der Waals surface area contributed by atoms with E-state index in [1.165, 1.54) is 0 Å². The average Bonchev–Trinajstić information content (AvgIpc) is 2.20. The average molecular weight is 216 g/mol. The first-order chi connectivity index (χ1) is 6.72. The summed E-state index contributed by atoms with van der Waals surface area (Å²) >= 11 is 5.59. The molecular weight excluding hydrogens is 202 g/mol. The van der Waals surface area contributed by atoms with Crippen molar-refractivity contribution in [3.8, 4) is 11.5 Å². The predicted molar refractivity (Wildman–Crippen MR) is 58.6 cm³/mol. The van der Waals surface area contributed by atoms with E-state index in [4.69, 9.17) is 21.1 Å². The molecule has 0 unspecified atom stereocenters. The van der Waals surface area contributed by atoms with Crippen molar-refractivity contribution >= 4 is 17.3 Å². The molecule has 1 aromatic carbocycles. The molecular formula is C10H14ClNO2. The van der Waals surface area contributed by atoms with Gasteiger partial charge in [0.2, 0.25) is 0 Å². The molecule has 14 heavy (non-hydrogen) atoms. The van der Waals surface area contributed by atoms with E-state index in [1.54, 1.807) is 14.2 Å². The van der Waals surface area contributed by atoms with E-state index in [-0.39, 0.29) is 0 Å². The van der Waals surface area contributed by atoms with Crippen LogP contribution in [0.4, 0.5) is 5.69 Å². The Morgan fingerprint density at radius 3 is 2.29 bits per heavy atom. The maximum absolute atomic E-state index is 5.59. The fourth-order valence-corrected chi connectivity index (χ4v) is 1.39. The topological polar surface area (TPSA) is 30.5 Å². The fraction of sp³-hybridized carbons (Fsp3) is 0.400. The highest BCUT2D eigenvalue weighted by Crippen LogP contribution is 2.32. The highest BCUT2D eigenvalue weighted by atomic mass is 35.5. The molecule has 0 spiro atoms. The van der Waals surface area contributed by atoms with Gasteiger partial charge in [0.05, 0.1) is 20.2 Å². The molecule has 0 saturated heterocycles. The Hall–Kier alpha value is -1.09. The van der Waals surface area contributed by atoms with Gasteiger partial charge in [-0.15, -0.1) is 11.6 Å². The van der Waals surface area contributed by atoms with Gasteiger partial charge in [-0.1, -0.05) is 0 Å². The van der Waals surface area contributed by atoms with Crippen LogP contribution in [0.5, 0.6) is 11.5 Å². The monoisotopic (exact) mass is 215 g/mol. The van der Waals surface area contributed by atoms with E-state index in [9.17, 15) is 0 Å². The summed E-state index contributed by atoms with van der Waals surface area (Å²) in [4.78, 5) is 0. The summed E-state index contributed by atoms with van der Waals surface area (Å²) < 4.78 is 10.3. The van der Waals surface area contributed by atoms with Crippen LogP contribution < -0.4 is 14.8 Å². The van der Waals surface area contributed by atoms with Crippen molar-refractivity contribution in [2.75, 3.05) is 25.5 Å². The Morgan fingerprint density at radius 1 is 1.21 bits per heavy atom. The third-order valence-electron chi connectivity index (χ3n) is 1.99. The van der Waals surface area contributed by atoms with Crippen LogP contribution in [0, 0.1) is 6.92 Å². The van der Waals surface area contributed by atoms with Crippen LogP contribution in [0.1, 0.15) is 5.56 Å². The van der Waals surface area contributed by atoms with Crippen LogP contribution >= 0.6 is 11.6 Å². The maximum atomic E-state index is 5.59. The lowest BCUT2D eigenvalue weighted by Crippen LogP contribution is -1.99. The van der Waals surface area contributed by atoms with Gasteiger partial charge in [0.1, 0.15) is 0 Å². The van der Waals surface area contributed by atoms with Crippen molar-refractivity contribution < 1.29 is 9.47 Å². The summed E-state index contributed by atoms with van der Waals surface area (Å²) in [5.74, 6) is 1.43. The zero-order chi connectivity index (χ0) is 10.6. The molecule has 1 aromatic rings. The van der Waals surface area contributed by atoms with Gasteiger partial charge in [-0.05, 0) is 18.6 Å². The second-order valence-corrected chi connectivity index (χ2v) is 3.10. The first-order valence-corrected chi connectivity index (χ1v) is 4.78. The number of halogens is 1. The van der Waals surface area contributed by atoms with Crippen molar-refractivity contribution in [3.05, 3.63) is 17.7 Å². The van der Waals surface area contributed by atoms with Crippen molar-refractivity contribution in [1.29, 1.82) is 0 Å². The molecule has 0 heterocycles. The van der Waals surface area contributed by atoms with Gasteiger partial charge >= 0.3 is 0 Å².